The Morgan fingerprint density at radius 3 is 2.62 bits per heavy atom. The molecule has 1 amide bonds. The molecule has 2 aromatic carbocycles. The van der Waals surface area contributed by atoms with E-state index in [9.17, 15) is 4.79 Å². The molecule has 6 heteroatoms. The summed E-state index contributed by atoms with van der Waals surface area (Å²) < 4.78 is 7.13. The Morgan fingerprint density at radius 1 is 1.07 bits per heavy atom. The fourth-order valence-corrected chi connectivity index (χ4v) is 3.61. The Kier molecular flexibility index (Phi) is 5.91. The maximum absolute atomic E-state index is 13.4. The van der Waals surface area contributed by atoms with Crippen LogP contribution < -0.4 is 10.1 Å². The number of nitrogens with zero attached hydrogens (tertiary/aromatic N) is 3. The van der Waals surface area contributed by atoms with E-state index in [1.807, 2.05) is 58.2 Å². The molecule has 0 radical (unpaired) electrons. The van der Waals surface area contributed by atoms with Crippen molar-refractivity contribution in [3.8, 4) is 17.0 Å². The second-order valence-electron chi connectivity index (χ2n) is 7.20. The minimum Gasteiger partial charge on any atom is -0.497 e. The maximum atomic E-state index is 13.4. The number of rotatable bonds is 5. The molecule has 6 nitrogen and oxygen atoms in total. The highest BCUT2D eigenvalue weighted by atomic mass is 16.5. The number of carbonyl (C=O) groups is 1. The van der Waals surface area contributed by atoms with Gasteiger partial charge in [0.15, 0.2) is 0 Å². The van der Waals surface area contributed by atoms with E-state index >= 15 is 0 Å². The maximum Gasteiger partial charge on any atom is 0.257 e. The number of carbonyl (C=O) groups excluding carboxylic acids is 1. The van der Waals surface area contributed by atoms with Crippen molar-refractivity contribution in [1.29, 1.82) is 0 Å². The first-order valence-electron chi connectivity index (χ1n) is 10.0. The van der Waals surface area contributed by atoms with Gasteiger partial charge in [-0.2, -0.15) is 5.10 Å². The topological polar surface area (TPSA) is 59.4 Å². The molecule has 0 saturated carbocycles. The van der Waals surface area contributed by atoms with Crippen molar-refractivity contribution in [2.45, 2.75) is 13.0 Å². The molecule has 0 aliphatic carbocycles. The second-order valence-corrected chi connectivity index (χ2v) is 7.20. The van der Waals surface area contributed by atoms with E-state index in [0.717, 1.165) is 42.9 Å². The molecule has 0 atom stereocenters. The highest BCUT2D eigenvalue weighted by Gasteiger charge is 2.24. The third kappa shape index (κ3) is 4.49. The first-order valence-corrected chi connectivity index (χ1v) is 10.0. The number of aromatic nitrogens is 2. The Labute approximate surface area is 171 Å². The normalized spacial score (nSPS) is 14.4. The Bertz CT molecular complexity index is 943. The number of benzene rings is 2. The van der Waals surface area contributed by atoms with Gasteiger partial charge in [-0.1, -0.05) is 30.3 Å². The van der Waals surface area contributed by atoms with E-state index in [-0.39, 0.29) is 5.91 Å². The van der Waals surface area contributed by atoms with Crippen LogP contribution in [0.1, 0.15) is 22.3 Å². The van der Waals surface area contributed by atoms with Gasteiger partial charge in [0, 0.05) is 31.4 Å². The molecule has 0 bridgehead atoms. The van der Waals surface area contributed by atoms with E-state index in [1.54, 1.807) is 7.11 Å². The average Bonchev–Trinajstić information content (AvgIpc) is 2.99. The first-order chi connectivity index (χ1) is 14.2. The number of nitrogens with one attached hydrogen (secondary N) is 1. The van der Waals surface area contributed by atoms with Crippen molar-refractivity contribution in [3.63, 3.8) is 0 Å². The smallest absolute Gasteiger partial charge is 0.257 e. The molecular formula is C23H26N4O2. The number of hydrogen-bond acceptors (Lipinski definition) is 4. The van der Waals surface area contributed by atoms with E-state index in [2.05, 4.69) is 17.4 Å². The van der Waals surface area contributed by atoms with E-state index in [0.29, 0.717) is 24.3 Å². The van der Waals surface area contributed by atoms with Crippen LogP contribution in [0.4, 0.5) is 0 Å². The van der Waals surface area contributed by atoms with Crippen LogP contribution in [0.2, 0.25) is 0 Å². The van der Waals surface area contributed by atoms with Crippen molar-refractivity contribution in [1.82, 2.24) is 20.0 Å². The molecular weight excluding hydrogens is 364 g/mol. The largest absolute Gasteiger partial charge is 0.497 e. The minimum atomic E-state index is 0.0406. The van der Waals surface area contributed by atoms with Crippen molar-refractivity contribution >= 4 is 5.91 Å². The standard InChI is InChI=1S/C23H26N4O2/c1-29-20-10-8-19(9-11-20)22-21(23(28)26-14-5-12-24-13-15-26)17-27(25-22)16-18-6-3-2-4-7-18/h2-4,6-11,17,24H,5,12-16H2,1H3. The van der Waals surface area contributed by atoms with Gasteiger partial charge in [-0.25, -0.2) is 0 Å². The van der Waals surface area contributed by atoms with Gasteiger partial charge in [0.25, 0.3) is 5.91 Å². The predicted octanol–water partition coefficient (Wildman–Crippen LogP) is 3.04. The van der Waals surface area contributed by atoms with Crippen LogP contribution in [0.25, 0.3) is 11.3 Å². The number of methoxy groups -OCH3 is 1. The summed E-state index contributed by atoms with van der Waals surface area (Å²) in [4.78, 5) is 15.3. The van der Waals surface area contributed by atoms with Gasteiger partial charge >= 0.3 is 0 Å². The van der Waals surface area contributed by atoms with Gasteiger partial charge in [-0.05, 0) is 42.8 Å². The van der Waals surface area contributed by atoms with Crippen LogP contribution in [-0.4, -0.2) is 53.9 Å². The zero-order chi connectivity index (χ0) is 20.1. The summed E-state index contributed by atoms with van der Waals surface area (Å²) in [6, 6.07) is 17.9. The van der Waals surface area contributed by atoms with E-state index in [4.69, 9.17) is 9.84 Å². The Hall–Kier alpha value is -3.12. The first kappa shape index (κ1) is 19.2. The number of ether oxygens (including phenoxy) is 1. The van der Waals surface area contributed by atoms with Crippen LogP contribution in [-0.2, 0) is 6.54 Å². The Morgan fingerprint density at radius 2 is 1.86 bits per heavy atom. The molecule has 1 aliphatic rings. The molecule has 1 N–H and O–H groups in total. The molecule has 0 unspecified atom stereocenters. The lowest BCUT2D eigenvalue weighted by molar-refractivity contribution is 0.0767. The van der Waals surface area contributed by atoms with Crippen LogP contribution in [0.5, 0.6) is 5.75 Å². The Balaban J connectivity index is 1.69. The number of amides is 1. The van der Waals surface area contributed by atoms with Crippen LogP contribution in [0, 0.1) is 0 Å². The third-order valence-electron chi connectivity index (χ3n) is 5.17. The quantitative estimate of drug-likeness (QED) is 0.728. The SMILES string of the molecule is COc1ccc(-c2nn(Cc3ccccc3)cc2C(=O)N2CCCNCC2)cc1. The fraction of sp³-hybridized carbons (Fsp3) is 0.304. The summed E-state index contributed by atoms with van der Waals surface area (Å²) in [5, 5.41) is 8.14. The van der Waals surface area contributed by atoms with Gasteiger partial charge in [-0.3, -0.25) is 9.48 Å². The van der Waals surface area contributed by atoms with Crippen molar-refractivity contribution < 1.29 is 9.53 Å². The van der Waals surface area contributed by atoms with Gasteiger partial charge < -0.3 is 15.0 Å². The number of hydrogen-bond donors (Lipinski definition) is 1. The molecule has 2 heterocycles. The van der Waals surface area contributed by atoms with Gasteiger partial charge in [-0.15, -0.1) is 0 Å². The van der Waals surface area contributed by atoms with Gasteiger partial charge in [0.2, 0.25) is 0 Å². The van der Waals surface area contributed by atoms with Crippen molar-refractivity contribution in [3.05, 3.63) is 71.9 Å². The highest BCUT2D eigenvalue weighted by Crippen LogP contribution is 2.26. The summed E-state index contributed by atoms with van der Waals surface area (Å²) in [5.41, 5.74) is 3.42. The molecule has 150 valence electrons. The zero-order valence-electron chi connectivity index (χ0n) is 16.7. The minimum absolute atomic E-state index is 0.0406. The molecule has 1 saturated heterocycles. The fourth-order valence-electron chi connectivity index (χ4n) is 3.61. The molecule has 29 heavy (non-hydrogen) atoms. The molecule has 0 spiro atoms. The summed E-state index contributed by atoms with van der Waals surface area (Å²) >= 11 is 0. The highest BCUT2D eigenvalue weighted by molar-refractivity contribution is 5.99. The lowest BCUT2D eigenvalue weighted by Crippen LogP contribution is -2.34. The van der Waals surface area contributed by atoms with Crippen LogP contribution in [0.15, 0.2) is 60.8 Å². The van der Waals surface area contributed by atoms with Crippen molar-refractivity contribution in [2.24, 2.45) is 0 Å². The van der Waals surface area contributed by atoms with Crippen LogP contribution in [0.3, 0.4) is 0 Å². The molecule has 1 aromatic heterocycles. The second kappa shape index (κ2) is 8.92. The van der Waals surface area contributed by atoms with Crippen LogP contribution >= 0.6 is 0 Å². The summed E-state index contributed by atoms with van der Waals surface area (Å²) in [6.45, 7) is 3.87. The molecule has 3 aromatic rings. The van der Waals surface area contributed by atoms with E-state index < -0.39 is 0 Å². The van der Waals surface area contributed by atoms with E-state index in [1.165, 1.54) is 0 Å². The summed E-state index contributed by atoms with van der Waals surface area (Å²) in [6.07, 6.45) is 2.84. The lowest BCUT2D eigenvalue weighted by Gasteiger charge is -2.19. The summed E-state index contributed by atoms with van der Waals surface area (Å²) in [5.74, 6) is 0.822. The molecule has 1 fully saturated rings. The van der Waals surface area contributed by atoms with Gasteiger partial charge in [0.1, 0.15) is 11.4 Å². The lowest BCUT2D eigenvalue weighted by atomic mass is 10.1. The molecule has 4 rings (SSSR count). The van der Waals surface area contributed by atoms with Gasteiger partial charge in [0.05, 0.1) is 19.2 Å². The zero-order valence-corrected chi connectivity index (χ0v) is 16.7. The summed E-state index contributed by atoms with van der Waals surface area (Å²) in [7, 11) is 1.64. The third-order valence-corrected chi connectivity index (χ3v) is 5.17. The molecule has 1 aliphatic heterocycles. The monoisotopic (exact) mass is 390 g/mol. The van der Waals surface area contributed by atoms with Crippen molar-refractivity contribution in [2.75, 3.05) is 33.3 Å². The average molecular weight is 390 g/mol. The predicted molar refractivity (Wildman–Crippen MR) is 113 cm³/mol.